The molecule has 0 radical (unpaired) electrons. The number of allylic oxidation sites excluding steroid dienone is 1. The van der Waals surface area contributed by atoms with Crippen LogP contribution in [0.1, 0.15) is 49.8 Å². The molecule has 2 aliphatic rings. The molecule has 3 aromatic rings. The molecule has 1 saturated heterocycles. The number of ketones is 1. The number of halogens is 2. The Balaban J connectivity index is 1.42. The maximum Gasteiger partial charge on any atom is 0.264 e. The molecular weight excluding hydrogens is 591 g/mol. The molecule has 5 rings (SSSR count). The van der Waals surface area contributed by atoms with Crippen molar-refractivity contribution in [2.45, 2.75) is 51.0 Å². The quantitative estimate of drug-likeness (QED) is 0.253. The monoisotopic (exact) mass is 624 g/mol. The number of benzene rings is 3. The van der Waals surface area contributed by atoms with Crippen molar-refractivity contribution in [3.63, 3.8) is 0 Å². The van der Waals surface area contributed by atoms with E-state index >= 15 is 0 Å². The first-order chi connectivity index (χ1) is 20.4. The Morgan fingerprint density at radius 2 is 1.79 bits per heavy atom. The van der Waals surface area contributed by atoms with E-state index in [1.807, 2.05) is 13.0 Å². The first-order valence-electron chi connectivity index (χ1n) is 14.2. The number of ether oxygens (including phenoxy) is 1. The summed E-state index contributed by atoms with van der Waals surface area (Å²) in [5.74, 6) is 0.215. The van der Waals surface area contributed by atoms with Crippen LogP contribution in [0.4, 0.5) is 10.1 Å². The standard InChI is InChI=1S/C33H34ClFN2O5S/c1-21-6-4-7-27(14-21)43(40,41)37-20-26(11-13-32(39)36-18-25(19-36)16-23(3)38)42-31-12-10-24(17-30(31)37)15-22(2)33-28(34)8-5-9-29(33)35/h4-10,12,14-15,17,25-26H,11,13,16,18-20H2,1-3H3/b22-15+/t26-/m0/s1. The van der Waals surface area contributed by atoms with Gasteiger partial charge in [0.25, 0.3) is 10.0 Å². The van der Waals surface area contributed by atoms with Crippen molar-refractivity contribution in [3.05, 3.63) is 88.2 Å². The van der Waals surface area contributed by atoms with E-state index in [1.165, 1.54) is 16.4 Å². The summed E-state index contributed by atoms with van der Waals surface area (Å²) in [7, 11) is -3.98. The maximum absolute atomic E-state index is 14.6. The Hall–Kier alpha value is -3.69. The van der Waals surface area contributed by atoms with Crippen molar-refractivity contribution in [3.8, 4) is 5.75 Å². The number of hydrogen-bond donors (Lipinski definition) is 0. The highest BCUT2D eigenvalue weighted by atomic mass is 35.5. The highest BCUT2D eigenvalue weighted by Crippen LogP contribution is 2.40. The average molecular weight is 625 g/mol. The van der Waals surface area contributed by atoms with Crippen LogP contribution in [0.5, 0.6) is 5.75 Å². The summed E-state index contributed by atoms with van der Waals surface area (Å²) in [5.41, 5.74) is 2.68. The van der Waals surface area contributed by atoms with E-state index in [0.717, 1.165) is 5.56 Å². The fraction of sp³-hybridized carbons (Fsp3) is 0.333. The summed E-state index contributed by atoms with van der Waals surface area (Å²) in [5, 5.41) is 0.281. The molecule has 43 heavy (non-hydrogen) atoms. The van der Waals surface area contributed by atoms with E-state index in [1.54, 1.807) is 67.3 Å². The first kappa shape index (κ1) is 30.8. The largest absolute Gasteiger partial charge is 0.486 e. The smallest absolute Gasteiger partial charge is 0.264 e. The number of nitrogens with zero attached hydrogens (tertiary/aromatic N) is 2. The molecule has 2 heterocycles. The summed E-state index contributed by atoms with van der Waals surface area (Å²) >= 11 is 6.27. The number of amides is 1. The molecule has 1 amide bonds. The molecule has 1 atom stereocenters. The Bertz CT molecular complexity index is 1680. The molecule has 10 heteroatoms. The lowest BCUT2D eigenvalue weighted by molar-refractivity contribution is -0.139. The van der Waals surface area contributed by atoms with Gasteiger partial charge in [0.05, 0.1) is 22.2 Å². The van der Waals surface area contributed by atoms with Crippen LogP contribution in [0.2, 0.25) is 5.02 Å². The van der Waals surface area contributed by atoms with E-state index in [-0.39, 0.29) is 46.1 Å². The number of anilines is 1. The summed E-state index contributed by atoms with van der Waals surface area (Å²) in [6.07, 6.45) is 2.21. The van der Waals surface area contributed by atoms with Gasteiger partial charge in [0.15, 0.2) is 0 Å². The molecule has 0 unspecified atom stereocenters. The van der Waals surface area contributed by atoms with Crippen LogP contribution >= 0.6 is 11.6 Å². The fourth-order valence-corrected chi connectivity index (χ4v) is 7.56. The van der Waals surface area contributed by atoms with Crippen molar-refractivity contribution < 1.29 is 27.1 Å². The van der Waals surface area contributed by atoms with Crippen molar-refractivity contribution >= 4 is 50.7 Å². The van der Waals surface area contributed by atoms with Crippen LogP contribution in [0.15, 0.2) is 65.6 Å². The molecule has 0 bridgehead atoms. The minimum Gasteiger partial charge on any atom is -0.486 e. The van der Waals surface area contributed by atoms with Crippen LogP contribution in [0.3, 0.4) is 0 Å². The van der Waals surface area contributed by atoms with Crippen LogP contribution in [-0.2, 0) is 19.6 Å². The number of Topliss-reactive ketones (excluding diaryl/α,β-unsaturated/α-hetero) is 1. The van der Waals surface area contributed by atoms with Gasteiger partial charge in [-0.2, -0.15) is 0 Å². The number of carbonyl (C=O) groups excluding carboxylic acids is 2. The molecule has 226 valence electrons. The van der Waals surface area contributed by atoms with Gasteiger partial charge >= 0.3 is 0 Å². The number of sulfonamides is 1. The highest BCUT2D eigenvalue weighted by Gasteiger charge is 2.36. The van der Waals surface area contributed by atoms with E-state index in [0.29, 0.717) is 48.5 Å². The van der Waals surface area contributed by atoms with Gasteiger partial charge in [-0.15, -0.1) is 0 Å². The van der Waals surface area contributed by atoms with Crippen molar-refractivity contribution in [1.29, 1.82) is 0 Å². The van der Waals surface area contributed by atoms with Gasteiger partial charge in [-0.1, -0.05) is 41.9 Å². The molecule has 1 fully saturated rings. The highest BCUT2D eigenvalue weighted by molar-refractivity contribution is 7.92. The van der Waals surface area contributed by atoms with Crippen LogP contribution in [0.25, 0.3) is 11.6 Å². The minimum absolute atomic E-state index is 0.0226. The Labute approximate surface area is 257 Å². The third-order valence-corrected chi connectivity index (χ3v) is 9.89. The summed E-state index contributed by atoms with van der Waals surface area (Å²) in [6.45, 7) is 6.28. The molecule has 7 nitrogen and oxygen atoms in total. The Morgan fingerprint density at radius 3 is 2.49 bits per heavy atom. The average Bonchev–Trinajstić information content (AvgIpc) is 2.93. The zero-order valence-corrected chi connectivity index (χ0v) is 25.9. The fourth-order valence-electron chi connectivity index (χ4n) is 5.65. The van der Waals surface area contributed by atoms with Crippen LogP contribution in [0, 0.1) is 18.7 Å². The zero-order chi connectivity index (χ0) is 30.9. The second-order valence-electron chi connectivity index (χ2n) is 11.4. The molecule has 2 aliphatic heterocycles. The number of likely N-dealkylation sites (tertiary alicyclic amines) is 1. The third-order valence-electron chi connectivity index (χ3n) is 7.80. The number of rotatable bonds is 9. The molecule has 0 aliphatic carbocycles. The summed E-state index contributed by atoms with van der Waals surface area (Å²) < 4.78 is 50.1. The summed E-state index contributed by atoms with van der Waals surface area (Å²) in [4.78, 5) is 26.0. The number of aryl methyl sites for hydroxylation is 1. The third kappa shape index (κ3) is 6.78. The lowest BCUT2D eigenvalue weighted by Gasteiger charge is -2.40. The predicted molar refractivity (Wildman–Crippen MR) is 166 cm³/mol. The maximum atomic E-state index is 14.6. The van der Waals surface area contributed by atoms with Crippen molar-refractivity contribution in [2.24, 2.45) is 5.92 Å². The van der Waals surface area contributed by atoms with Gasteiger partial charge in [0, 0.05) is 37.4 Å². The van der Waals surface area contributed by atoms with Gasteiger partial charge in [0.1, 0.15) is 23.5 Å². The Kier molecular flexibility index (Phi) is 8.94. The molecular formula is C33H34ClFN2O5S. The molecule has 0 N–H and O–H groups in total. The molecule has 0 aromatic heterocycles. The van der Waals surface area contributed by atoms with Crippen molar-refractivity contribution in [1.82, 2.24) is 4.90 Å². The van der Waals surface area contributed by atoms with Gasteiger partial charge in [-0.3, -0.25) is 9.10 Å². The molecule has 0 saturated carbocycles. The Morgan fingerprint density at radius 1 is 1.05 bits per heavy atom. The van der Waals surface area contributed by atoms with E-state index in [2.05, 4.69) is 0 Å². The van der Waals surface area contributed by atoms with Gasteiger partial charge in [-0.05, 0) is 80.3 Å². The SMILES string of the molecule is CC(=O)CC1CN(C(=O)CC[C@H]2CN(S(=O)(=O)c3cccc(C)c3)c3cc(/C=C(\C)c4c(F)cccc4Cl)ccc3O2)C1. The lowest BCUT2D eigenvalue weighted by Crippen LogP contribution is -2.51. The van der Waals surface area contributed by atoms with Gasteiger partial charge < -0.3 is 14.4 Å². The van der Waals surface area contributed by atoms with Crippen molar-refractivity contribution in [2.75, 3.05) is 23.9 Å². The van der Waals surface area contributed by atoms with E-state index < -0.39 is 21.9 Å². The number of fused-ring (bicyclic) bond motifs is 1. The van der Waals surface area contributed by atoms with Gasteiger partial charge in [-0.25, -0.2) is 12.8 Å². The number of carbonyl (C=O) groups is 2. The van der Waals surface area contributed by atoms with Gasteiger partial charge in [0.2, 0.25) is 5.91 Å². The van der Waals surface area contributed by atoms with E-state index in [9.17, 15) is 22.4 Å². The van der Waals surface area contributed by atoms with Crippen LogP contribution < -0.4 is 9.04 Å². The normalized spacial score (nSPS) is 17.2. The second kappa shape index (κ2) is 12.5. The predicted octanol–water partition coefficient (Wildman–Crippen LogP) is 6.52. The summed E-state index contributed by atoms with van der Waals surface area (Å²) in [6, 6.07) is 16.4. The minimum atomic E-state index is -3.98. The van der Waals surface area contributed by atoms with E-state index in [4.69, 9.17) is 16.3 Å². The number of hydrogen-bond acceptors (Lipinski definition) is 5. The topological polar surface area (TPSA) is 84.0 Å². The molecule has 3 aromatic carbocycles. The molecule has 0 spiro atoms. The second-order valence-corrected chi connectivity index (χ2v) is 13.6. The first-order valence-corrected chi connectivity index (χ1v) is 16.0. The zero-order valence-electron chi connectivity index (χ0n) is 24.3. The lowest BCUT2D eigenvalue weighted by atomic mass is 9.94. The van der Waals surface area contributed by atoms with Crippen LogP contribution in [-0.4, -0.2) is 50.7 Å².